The highest BCUT2D eigenvalue weighted by molar-refractivity contribution is 7.80. The van der Waals surface area contributed by atoms with Crippen LogP contribution < -0.4 is 25.4 Å². The maximum absolute atomic E-state index is 11.1. The molecule has 0 saturated carbocycles. The maximum Gasteiger partial charge on any atom is 0.221 e. The molecule has 0 bridgehead atoms. The van der Waals surface area contributed by atoms with E-state index in [0.717, 1.165) is 16.9 Å². The summed E-state index contributed by atoms with van der Waals surface area (Å²) in [6.45, 7) is 3.38. The van der Waals surface area contributed by atoms with Crippen molar-refractivity contribution in [3.63, 3.8) is 0 Å². The first kappa shape index (κ1) is 19.8. The second kappa shape index (κ2) is 8.73. The summed E-state index contributed by atoms with van der Waals surface area (Å²) in [5, 5.41) is 9.73. The van der Waals surface area contributed by atoms with Crippen molar-refractivity contribution in [1.82, 2.24) is 0 Å². The van der Waals surface area contributed by atoms with Gasteiger partial charge in [-0.3, -0.25) is 4.79 Å². The summed E-state index contributed by atoms with van der Waals surface area (Å²) in [6.07, 6.45) is 0. The topological polar surface area (TPSA) is 71.6 Å². The summed E-state index contributed by atoms with van der Waals surface area (Å²) in [7, 11) is 3.09. The van der Waals surface area contributed by atoms with Crippen LogP contribution in [0, 0.1) is 6.92 Å². The van der Waals surface area contributed by atoms with Crippen LogP contribution in [0.5, 0.6) is 11.5 Å². The van der Waals surface area contributed by atoms with Crippen molar-refractivity contribution in [2.24, 2.45) is 0 Å². The molecule has 0 spiro atoms. The molecule has 0 unspecified atom stereocenters. The first-order valence-electron chi connectivity index (χ1n) is 7.71. The molecule has 1 amide bonds. The SMILES string of the molecule is COc1cc(OC)c(NC(=S)Nc2ccc(NC(C)=O)cc2C)cc1Cl. The lowest BCUT2D eigenvalue weighted by Gasteiger charge is -2.16. The number of hydrogen-bond donors (Lipinski definition) is 3. The van der Waals surface area contributed by atoms with E-state index in [2.05, 4.69) is 16.0 Å². The van der Waals surface area contributed by atoms with Crippen LogP contribution >= 0.6 is 23.8 Å². The molecule has 0 aromatic heterocycles. The highest BCUT2D eigenvalue weighted by Crippen LogP contribution is 2.36. The Kier molecular flexibility index (Phi) is 6.65. The molecule has 0 aliphatic carbocycles. The predicted molar refractivity (Wildman–Crippen MR) is 110 cm³/mol. The van der Waals surface area contributed by atoms with Gasteiger partial charge >= 0.3 is 0 Å². The third kappa shape index (κ3) is 5.00. The van der Waals surface area contributed by atoms with Crippen molar-refractivity contribution in [2.75, 3.05) is 30.2 Å². The van der Waals surface area contributed by atoms with Gasteiger partial charge in [-0.2, -0.15) is 0 Å². The van der Waals surface area contributed by atoms with Crippen LogP contribution in [0.25, 0.3) is 0 Å². The summed E-state index contributed by atoms with van der Waals surface area (Å²) < 4.78 is 10.5. The first-order chi connectivity index (χ1) is 12.3. The fraction of sp³-hybridized carbons (Fsp3) is 0.222. The van der Waals surface area contributed by atoms with Gasteiger partial charge in [0.25, 0.3) is 0 Å². The Morgan fingerprint density at radius 1 is 1.00 bits per heavy atom. The Bertz CT molecular complexity index is 843. The number of amides is 1. The van der Waals surface area contributed by atoms with E-state index in [1.165, 1.54) is 14.0 Å². The number of aryl methyl sites for hydroxylation is 1. The molecule has 0 aliphatic heterocycles. The summed E-state index contributed by atoms with van der Waals surface area (Å²) in [5.41, 5.74) is 3.08. The number of carbonyl (C=O) groups is 1. The molecule has 0 aliphatic rings. The average molecular weight is 394 g/mol. The smallest absolute Gasteiger partial charge is 0.221 e. The number of ether oxygens (including phenoxy) is 2. The van der Waals surface area contributed by atoms with Gasteiger partial charge in [0.05, 0.1) is 24.9 Å². The van der Waals surface area contributed by atoms with E-state index in [1.54, 1.807) is 25.3 Å². The molecule has 0 atom stereocenters. The normalized spacial score (nSPS) is 10.0. The predicted octanol–water partition coefficient (Wildman–Crippen LogP) is 4.43. The molecule has 26 heavy (non-hydrogen) atoms. The number of carbonyl (C=O) groups excluding carboxylic acids is 1. The Morgan fingerprint density at radius 2 is 1.65 bits per heavy atom. The van der Waals surface area contributed by atoms with E-state index < -0.39 is 0 Å². The van der Waals surface area contributed by atoms with E-state index in [0.29, 0.717) is 27.3 Å². The van der Waals surface area contributed by atoms with E-state index in [1.807, 2.05) is 19.1 Å². The fourth-order valence-corrected chi connectivity index (χ4v) is 2.78. The van der Waals surface area contributed by atoms with Gasteiger partial charge in [0.15, 0.2) is 5.11 Å². The minimum absolute atomic E-state index is 0.120. The molecule has 0 heterocycles. The van der Waals surface area contributed by atoms with E-state index in [9.17, 15) is 4.79 Å². The van der Waals surface area contributed by atoms with Crippen LogP contribution in [-0.4, -0.2) is 25.2 Å². The standard InChI is InChI=1S/C18H20ClN3O3S/c1-10-7-12(20-11(2)23)5-6-14(10)21-18(26)22-15-8-13(19)16(24-3)9-17(15)25-4/h5-9H,1-4H3,(H,20,23)(H2,21,22,26). The van der Waals surface area contributed by atoms with Crippen molar-refractivity contribution in [1.29, 1.82) is 0 Å². The maximum atomic E-state index is 11.1. The Balaban J connectivity index is 2.14. The summed E-state index contributed by atoms with van der Waals surface area (Å²) in [5.74, 6) is 0.941. The van der Waals surface area contributed by atoms with Crippen molar-refractivity contribution in [3.05, 3.63) is 40.9 Å². The zero-order valence-electron chi connectivity index (χ0n) is 14.9. The zero-order chi connectivity index (χ0) is 19.3. The lowest BCUT2D eigenvalue weighted by molar-refractivity contribution is -0.114. The van der Waals surface area contributed by atoms with Gasteiger partial charge in [0.2, 0.25) is 5.91 Å². The van der Waals surface area contributed by atoms with E-state index >= 15 is 0 Å². The van der Waals surface area contributed by atoms with Crippen LogP contribution in [0.2, 0.25) is 5.02 Å². The Labute approximate surface area is 162 Å². The van der Waals surface area contributed by atoms with Crippen LogP contribution in [0.4, 0.5) is 17.1 Å². The number of thiocarbonyl (C=S) groups is 1. The monoisotopic (exact) mass is 393 g/mol. The summed E-state index contributed by atoms with van der Waals surface area (Å²) in [6, 6.07) is 8.86. The second-order valence-corrected chi connectivity index (χ2v) is 6.29. The minimum Gasteiger partial charge on any atom is -0.495 e. The third-order valence-electron chi connectivity index (χ3n) is 3.52. The van der Waals surface area contributed by atoms with Crippen LogP contribution in [-0.2, 0) is 4.79 Å². The quantitative estimate of drug-likeness (QED) is 0.652. The molecular weight excluding hydrogens is 374 g/mol. The van der Waals surface area contributed by atoms with Gasteiger partial charge < -0.3 is 25.4 Å². The van der Waals surface area contributed by atoms with Gasteiger partial charge in [-0.05, 0) is 49.0 Å². The highest BCUT2D eigenvalue weighted by atomic mass is 35.5. The number of hydrogen-bond acceptors (Lipinski definition) is 4. The van der Waals surface area contributed by atoms with Crippen LogP contribution in [0.1, 0.15) is 12.5 Å². The summed E-state index contributed by atoms with van der Waals surface area (Å²) >= 11 is 11.5. The minimum atomic E-state index is -0.120. The van der Waals surface area contributed by atoms with Gasteiger partial charge in [0, 0.05) is 24.4 Å². The fourth-order valence-electron chi connectivity index (χ4n) is 2.32. The van der Waals surface area contributed by atoms with Crippen LogP contribution in [0.3, 0.4) is 0 Å². The molecule has 2 aromatic carbocycles. The zero-order valence-corrected chi connectivity index (χ0v) is 16.5. The number of halogens is 1. The number of methoxy groups -OCH3 is 2. The number of rotatable bonds is 5. The highest BCUT2D eigenvalue weighted by Gasteiger charge is 2.12. The number of nitrogens with one attached hydrogen (secondary N) is 3. The van der Waals surface area contributed by atoms with Gasteiger partial charge in [-0.1, -0.05) is 11.6 Å². The van der Waals surface area contributed by atoms with Crippen molar-refractivity contribution in [2.45, 2.75) is 13.8 Å². The van der Waals surface area contributed by atoms with Gasteiger partial charge in [-0.15, -0.1) is 0 Å². The van der Waals surface area contributed by atoms with E-state index in [-0.39, 0.29) is 5.91 Å². The van der Waals surface area contributed by atoms with Crippen molar-refractivity contribution in [3.8, 4) is 11.5 Å². The third-order valence-corrected chi connectivity index (χ3v) is 4.02. The van der Waals surface area contributed by atoms with Crippen LogP contribution in [0.15, 0.2) is 30.3 Å². The van der Waals surface area contributed by atoms with Crippen molar-refractivity contribution < 1.29 is 14.3 Å². The van der Waals surface area contributed by atoms with Crippen molar-refractivity contribution >= 4 is 51.9 Å². The average Bonchev–Trinajstić information content (AvgIpc) is 2.57. The molecule has 2 aromatic rings. The molecule has 2 rings (SSSR count). The molecule has 3 N–H and O–H groups in total. The molecule has 138 valence electrons. The molecule has 6 nitrogen and oxygen atoms in total. The molecule has 0 saturated heterocycles. The molecule has 0 fully saturated rings. The first-order valence-corrected chi connectivity index (χ1v) is 8.50. The Hall–Kier alpha value is -2.51. The number of anilines is 3. The largest absolute Gasteiger partial charge is 0.495 e. The summed E-state index contributed by atoms with van der Waals surface area (Å²) in [4.78, 5) is 11.1. The van der Waals surface area contributed by atoms with Gasteiger partial charge in [0.1, 0.15) is 11.5 Å². The molecule has 8 heteroatoms. The lowest BCUT2D eigenvalue weighted by Crippen LogP contribution is -2.20. The molecule has 0 radical (unpaired) electrons. The Morgan fingerprint density at radius 3 is 2.23 bits per heavy atom. The number of benzene rings is 2. The van der Waals surface area contributed by atoms with E-state index in [4.69, 9.17) is 33.3 Å². The molecular formula is C18H20ClN3O3S. The van der Waals surface area contributed by atoms with Gasteiger partial charge in [-0.25, -0.2) is 0 Å². The lowest BCUT2D eigenvalue weighted by atomic mass is 10.2. The second-order valence-electron chi connectivity index (χ2n) is 5.48.